The molecule has 0 atom stereocenters. The zero-order valence-electron chi connectivity index (χ0n) is 16.2. The fourth-order valence-electron chi connectivity index (χ4n) is 3.08. The van der Waals surface area contributed by atoms with Crippen molar-refractivity contribution in [1.82, 2.24) is 0 Å². The Morgan fingerprint density at radius 3 is 1.93 bits per heavy atom. The van der Waals surface area contributed by atoms with Crippen LogP contribution in [0, 0.1) is 10.1 Å². The van der Waals surface area contributed by atoms with Crippen molar-refractivity contribution in [2.45, 2.75) is 25.4 Å². The molecule has 3 aromatic carbocycles. The molecule has 0 aliphatic heterocycles. The lowest BCUT2D eigenvalue weighted by Gasteiger charge is -2.26. The molecular weight excluding hydrogens is 397 g/mol. The quantitative estimate of drug-likeness (QED) is 0.300. The summed E-state index contributed by atoms with van der Waals surface area (Å²) in [7, 11) is 0. The highest BCUT2D eigenvalue weighted by Crippen LogP contribution is 2.40. The monoisotopic (exact) mass is 416 g/mol. The minimum absolute atomic E-state index is 0.186. The SMILES string of the molecule is CC(C)(c1ccc(N)cc1)c1ccc(Oc2ccc([N+](=O)[O-])cc2C(F)(F)F)cc1. The maximum atomic E-state index is 13.3. The zero-order chi connectivity index (χ0) is 22.1. The molecule has 8 heteroatoms. The van der Waals surface area contributed by atoms with Crippen LogP contribution in [0.25, 0.3) is 0 Å². The van der Waals surface area contributed by atoms with Crippen LogP contribution in [0.2, 0.25) is 0 Å². The highest BCUT2D eigenvalue weighted by Gasteiger charge is 2.36. The third kappa shape index (κ3) is 4.37. The van der Waals surface area contributed by atoms with E-state index < -0.39 is 28.1 Å². The fraction of sp³-hybridized carbons (Fsp3) is 0.182. The smallest absolute Gasteiger partial charge is 0.420 e. The van der Waals surface area contributed by atoms with E-state index in [0.717, 1.165) is 23.3 Å². The van der Waals surface area contributed by atoms with Gasteiger partial charge in [-0.1, -0.05) is 38.1 Å². The maximum absolute atomic E-state index is 13.3. The van der Waals surface area contributed by atoms with Crippen molar-refractivity contribution in [3.63, 3.8) is 0 Å². The van der Waals surface area contributed by atoms with E-state index in [1.165, 1.54) is 0 Å². The lowest BCUT2D eigenvalue weighted by atomic mass is 9.78. The lowest BCUT2D eigenvalue weighted by Crippen LogP contribution is -2.18. The summed E-state index contributed by atoms with van der Waals surface area (Å²) in [6.07, 6.45) is -4.79. The van der Waals surface area contributed by atoms with Crippen molar-refractivity contribution in [2.24, 2.45) is 0 Å². The molecule has 0 amide bonds. The van der Waals surface area contributed by atoms with Crippen LogP contribution in [0.15, 0.2) is 66.7 Å². The van der Waals surface area contributed by atoms with E-state index in [-0.39, 0.29) is 11.2 Å². The Morgan fingerprint density at radius 1 is 0.900 bits per heavy atom. The summed E-state index contributed by atoms with van der Waals surface area (Å²) in [4.78, 5) is 9.93. The number of nitro benzene ring substituents is 1. The molecule has 156 valence electrons. The summed E-state index contributed by atoms with van der Waals surface area (Å²) in [6.45, 7) is 4.04. The van der Waals surface area contributed by atoms with Gasteiger partial charge in [-0.05, 0) is 41.5 Å². The number of nitrogen functional groups attached to an aromatic ring is 1. The first kappa shape index (κ1) is 21.2. The third-order valence-electron chi connectivity index (χ3n) is 4.92. The molecule has 2 N–H and O–H groups in total. The first-order chi connectivity index (χ1) is 14.0. The number of nitrogens with zero attached hydrogens (tertiary/aromatic N) is 1. The zero-order valence-corrected chi connectivity index (χ0v) is 16.2. The van der Waals surface area contributed by atoms with Gasteiger partial charge < -0.3 is 10.5 Å². The summed E-state index contributed by atoms with van der Waals surface area (Å²) in [5, 5.41) is 10.8. The molecule has 0 aliphatic carbocycles. The molecule has 0 saturated heterocycles. The molecule has 0 saturated carbocycles. The predicted molar refractivity (Wildman–Crippen MR) is 108 cm³/mol. The fourth-order valence-corrected chi connectivity index (χ4v) is 3.08. The average Bonchev–Trinajstić information content (AvgIpc) is 2.68. The van der Waals surface area contributed by atoms with Crippen LogP contribution in [0.3, 0.4) is 0 Å². The van der Waals surface area contributed by atoms with Crippen molar-refractivity contribution in [3.05, 3.63) is 93.5 Å². The van der Waals surface area contributed by atoms with Crippen LogP contribution in [0.1, 0.15) is 30.5 Å². The number of non-ortho nitro benzene ring substituents is 1. The molecule has 0 fully saturated rings. The van der Waals surface area contributed by atoms with Crippen LogP contribution in [-0.2, 0) is 11.6 Å². The molecule has 0 bridgehead atoms. The van der Waals surface area contributed by atoms with Gasteiger partial charge in [-0.2, -0.15) is 13.2 Å². The summed E-state index contributed by atoms with van der Waals surface area (Å²) >= 11 is 0. The van der Waals surface area contributed by atoms with Gasteiger partial charge in [-0.15, -0.1) is 0 Å². The number of benzene rings is 3. The largest absolute Gasteiger partial charge is 0.457 e. The van der Waals surface area contributed by atoms with E-state index in [4.69, 9.17) is 10.5 Å². The van der Waals surface area contributed by atoms with E-state index in [1.807, 2.05) is 38.1 Å². The number of nitro groups is 1. The van der Waals surface area contributed by atoms with Gasteiger partial charge in [0.1, 0.15) is 17.1 Å². The molecule has 0 spiro atoms. The molecule has 5 nitrogen and oxygen atoms in total. The van der Waals surface area contributed by atoms with Gasteiger partial charge >= 0.3 is 6.18 Å². The molecule has 0 radical (unpaired) electrons. The normalized spacial score (nSPS) is 11.9. The standard InChI is InChI=1S/C22H19F3N2O3/c1-21(2,14-3-7-16(26)8-4-14)15-5-10-18(11-6-15)30-20-12-9-17(27(28)29)13-19(20)22(23,24)25/h3-13H,26H2,1-2H3. The maximum Gasteiger partial charge on any atom is 0.420 e. The van der Waals surface area contributed by atoms with E-state index >= 15 is 0 Å². The Labute approximate surface area is 171 Å². The number of alkyl halides is 3. The van der Waals surface area contributed by atoms with Crippen LogP contribution in [0.4, 0.5) is 24.5 Å². The number of rotatable bonds is 5. The van der Waals surface area contributed by atoms with Crippen molar-refractivity contribution in [1.29, 1.82) is 0 Å². The topological polar surface area (TPSA) is 78.4 Å². The molecule has 30 heavy (non-hydrogen) atoms. The number of hydrogen-bond donors (Lipinski definition) is 1. The Balaban J connectivity index is 1.89. The number of hydrogen-bond acceptors (Lipinski definition) is 4. The highest BCUT2D eigenvalue weighted by atomic mass is 19.4. The molecule has 3 rings (SSSR count). The van der Waals surface area contributed by atoms with Crippen LogP contribution in [-0.4, -0.2) is 4.92 Å². The van der Waals surface area contributed by atoms with E-state index in [2.05, 4.69) is 0 Å². The van der Waals surface area contributed by atoms with Crippen molar-refractivity contribution in [3.8, 4) is 11.5 Å². The van der Waals surface area contributed by atoms with Crippen molar-refractivity contribution >= 4 is 11.4 Å². The second kappa shape index (κ2) is 7.70. The Bertz CT molecular complexity index is 1060. The van der Waals surface area contributed by atoms with Gasteiger partial charge in [0, 0.05) is 23.2 Å². The summed E-state index contributed by atoms with van der Waals surface area (Å²) < 4.78 is 45.4. The Hall–Kier alpha value is -3.55. The summed E-state index contributed by atoms with van der Waals surface area (Å²) in [5.74, 6) is -0.315. The Kier molecular flexibility index (Phi) is 5.43. The second-order valence-corrected chi connectivity index (χ2v) is 7.31. The van der Waals surface area contributed by atoms with Crippen molar-refractivity contribution in [2.75, 3.05) is 5.73 Å². The number of halogens is 3. The van der Waals surface area contributed by atoms with Gasteiger partial charge in [0.05, 0.1) is 4.92 Å². The first-order valence-corrected chi connectivity index (χ1v) is 8.98. The molecule has 3 aromatic rings. The number of anilines is 1. The van der Waals surface area contributed by atoms with Crippen molar-refractivity contribution < 1.29 is 22.8 Å². The third-order valence-corrected chi connectivity index (χ3v) is 4.92. The van der Waals surface area contributed by atoms with Gasteiger partial charge in [0.15, 0.2) is 0 Å². The summed E-state index contributed by atoms with van der Waals surface area (Å²) in [5.41, 5.74) is 6.12. The number of nitrogens with two attached hydrogens (primary N) is 1. The molecule has 0 unspecified atom stereocenters. The predicted octanol–water partition coefficient (Wildman–Crippen LogP) is 6.31. The van der Waals surface area contributed by atoms with E-state index in [9.17, 15) is 23.3 Å². The average molecular weight is 416 g/mol. The van der Waals surface area contributed by atoms with Gasteiger partial charge in [-0.3, -0.25) is 10.1 Å². The molecule has 0 aromatic heterocycles. The minimum Gasteiger partial charge on any atom is -0.457 e. The van der Waals surface area contributed by atoms with Crippen LogP contribution >= 0.6 is 0 Å². The Morgan fingerprint density at radius 2 is 1.43 bits per heavy atom. The summed E-state index contributed by atoms with van der Waals surface area (Å²) in [6, 6.07) is 16.5. The highest BCUT2D eigenvalue weighted by molar-refractivity contribution is 5.49. The lowest BCUT2D eigenvalue weighted by molar-refractivity contribution is -0.385. The van der Waals surface area contributed by atoms with E-state index in [0.29, 0.717) is 11.8 Å². The van der Waals surface area contributed by atoms with E-state index in [1.54, 1.807) is 24.3 Å². The van der Waals surface area contributed by atoms with Crippen LogP contribution in [0.5, 0.6) is 11.5 Å². The van der Waals surface area contributed by atoms with Gasteiger partial charge in [-0.25, -0.2) is 0 Å². The number of ether oxygens (including phenoxy) is 1. The van der Waals surface area contributed by atoms with Gasteiger partial charge in [0.25, 0.3) is 5.69 Å². The van der Waals surface area contributed by atoms with Crippen LogP contribution < -0.4 is 10.5 Å². The molecule has 0 heterocycles. The second-order valence-electron chi connectivity index (χ2n) is 7.31. The first-order valence-electron chi connectivity index (χ1n) is 8.98. The molecule has 0 aliphatic rings. The molecular formula is C22H19F3N2O3. The minimum atomic E-state index is -4.79. The van der Waals surface area contributed by atoms with Gasteiger partial charge in [0.2, 0.25) is 0 Å².